The van der Waals surface area contributed by atoms with Crippen molar-refractivity contribution < 1.29 is 18.3 Å². The summed E-state index contributed by atoms with van der Waals surface area (Å²) in [6.45, 7) is 0. The van der Waals surface area contributed by atoms with Crippen LogP contribution in [0.5, 0.6) is 0 Å². The molecule has 1 aliphatic rings. The van der Waals surface area contributed by atoms with Crippen LogP contribution in [0.15, 0.2) is 36.8 Å². The third-order valence-corrected chi connectivity index (χ3v) is 5.96. The summed E-state index contributed by atoms with van der Waals surface area (Å²) in [5.74, 6) is 0.853. The van der Waals surface area contributed by atoms with Gasteiger partial charge >= 0.3 is 6.18 Å². The molecule has 0 amide bonds. The molecule has 0 aliphatic heterocycles. The van der Waals surface area contributed by atoms with E-state index in [0.717, 1.165) is 16.8 Å². The van der Waals surface area contributed by atoms with E-state index in [1.807, 2.05) is 24.4 Å². The number of fused-ring (bicyclic) bond motifs is 2. The number of anilines is 2. The van der Waals surface area contributed by atoms with Crippen molar-refractivity contribution in [3.8, 4) is 11.3 Å². The van der Waals surface area contributed by atoms with Gasteiger partial charge in [-0.3, -0.25) is 0 Å². The lowest BCUT2D eigenvalue weighted by molar-refractivity contribution is -0.269. The fourth-order valence-corrected chi connectivity index (χ4v) is 4.14. The zero-order chi connectivity index (χ0) is 22.5. The number of hydrogen-bond acceptors (Lipinski definition) is 7. The maximum Gasteiger partial charge on any atom is 0.417 e. The van der Waals surface area contributed by atoms with Crippen molar-refractivity contribution in [2.75, 3.05) is 17.7 Å². The summed E-state index contributed by atoms with van der Waals surface area (Å²) < 4.78 is 42.5. The molecule has 9 nitrogen and oxygen atoms in total. The highest BCUT2D eigenvalue weighted by molar-refractivity contribution is 5.87. The zero-order valence-corrected chi connectivity index (χ0v) is 17.1. The summed E-state index contributed by atoms with van der Waals surface area (Å²) in [6.07, 6.45) is 0.271. The van der Waals surface area contributed by atoms with Crippen molar-refractivity contribution in [3.05, 3.63) is 36.8 Å². The minimum atomic E-state index is -4.62. The van der Waals surface area contributed by atoms with E-state index in [-0.39, 0.29) is 31.7 Å². The van der Waals surface area contributed by atoms with E-state index < -0.39 is 11.8 Å². The Labute approximate surface area is 180 Å². The molecule has 1 fully saturated rings. The number of nitrogens with zero attached hydrogens (tertiary/aromatic N) is 6. The molecule has 0 bridgehead atoms. The third kappa shape index (κ3) is 3.40. The molecule has 4 aromatic rings. The Morgan fingerprint density at radius 3 is 2.56 bits per heavy atom. The van der Waals surface area contributed by atoms with Gasteiger partial charge in [0.25, 0.3) is 0 Å². The SMILES string of the molecule is CNc1nc(NC2CCC(O)(C(F)(F)F)CC2)nn2ccc(-c3ccn4nccc4n3)c12. The van der Waals surface area contributed by atoms with Crippen molar-refractivity contribution in [1.82, 2.24) is 29.2 Å². The van der Waals surface area contributed by atoms with E-state index in [9.17, 15) is 18.3 Å². The molecular formula is C20H21F3N8O. The first-order valence-electron chi connectivity index (χ1n) is 10.2. The average molecular weight is 446 g/mol. The maximum absolute atomic E-state index is 13.0. The molecule has 1 aliphatic carbocycles. The molecule has 0 unspecified atom stereocenters. The van der Waals surface area contributed by atoms with E-state index in [4.69, 9.17) is 0 Å². The number of hydrogen-bond donors (Lipinski definition) is 3. The van der Waals surface area contributed by atoms with Crippen LogP contribution in [0.4, 0.5) is 24.9 Å². The van der Waals surface area contributed by atoms with Gasteiger partial charge in [-0.05, 0) is 37.8 Å². The van der Waals surface area contributed by atoms with Gasteiger partial charge in [-0.25, -0.2) is 14.0 Å². The van der Waals surface area contributed by atoms with Gasteiger partial charge in [0.05, 0.1) is 11.9 Å². The molecule has 1 saturated carbocycles. The zero-order valence-electron chi connectivity index (χ0n) is 17.1. The van der Waals surface area contributed by atoms with Crippen molar-refractivity contribution in [2.24, 2.45) is 0 Å². The van der Waals surface area contributed by atoms with E-state index in [2.05, 4.69) is 30.8 Å². The number of aliphatic hydroxyl groups is 1. The Morgan fingerprint density at radius 2 is 1.84 bits per heavy atom. The molecule has 0 aromatic carbocycles. The highest BCUT2D eigenvalue weighted by Gasteiger charge is 2.54. The predicted octanol–water partition coefficient (Wildman–Crippen LogP) is 3.13. The molecule has 0 radical (unpaired) electrons. The van der Waals surface area contributed by atoms with E-state index in [1.54, 1.807) is 28.5 Å². The summed E-state index contributed by atoms with van der Waals surface area (Å²) in [4.78, 5) is 9.15. The highest BCUT2D eigenvalue weighted by Crippen LogP contribution is 2.42. The van der Waals surface area contributed by atoms with E-state index in [0.29, 0.717) is 17.4 Å². The second kappa shape index (κ2) is 7.33. The average Bonchev–Trinajstić information content (AvgIpc) is 3.40. The number of nitrogens with one attached hydrogen (secondary N) is 2. The van der Waals surface area contributed by atoms with Crippen molar-refractivity contribution in [3.63, 3.8) is 0 Å². The summed E-state index contributed by atoms with van der Waals surface area (Å²) in [6, 6.07) is 5.28. The van der Waals surface area contributed by atoms with E-state index in [1.165, 1.54) is 0 Å². The lowest BCUT2D eigenvalue weighted by Gasteiger charge is -2.37. The lowest BCUT2D eigenvalue weighted by Crippen LogP contribution is -2.49. The van der Waals surface area contributed by atoms with Gasteiger partial charge in [0.15, 0.2) is 17.1 Å². The van der Waals surface area contributed by atoms with Gasteiger partial charge in [-0.2, -0.15) is 23.3 Å². The fraction of sp³-hybridized carbons (Fsp3) is 0.400. The number of halogens is 3. The predicted molar refractivity (Wildman–Crippen MR) is 111 cm³/mol. The van der Waals surface area contributed by atoms with Crippen LogP contribution < -0.4 is 10.6 Å². The Hall–Kier alpha value is -3.41. The number of alkyl halides is 3. The van der Waals surface area contributed by atoms with E-state index >= 15 is 0 Å². The summed E-state index contributed by atoms with van der Waals surface area (Å²) in [5, 5.41) is 24.7. The maximum atomic E-state index is 13.0. The van der Waals surface area contributed by atoms with Gasteiger partial charge in [-0.1, -0.05) is 0 Å². The Bertz CT molecular complexity index is 1270. The molecule has 4 aromatic heterocycles. The molecule has 168 valence electrons. The largest absolute Gasteiger partial charge is 0.417 e. The summed E-state index contributed by atoms with van der Waals surface area (Å²) in [7, 11) is 1.74. The Kier molecular flexibility index (Phi) is 4.69. The molecule has 12 heteroatoms. The van der Waals surface area contributed by atoms with Gasteiger partial charge in [0.1, 0.15) is 5.52 Å². The smallest absolute Gasteiger partial charge is 0.380 e. The molecule has 5 rings (SSSR count). The van der Waals surface area contributed by atoms with Crippen LogP contribution in [0.3, 0.4) is 0 Å². The summed E-state index contributed by atoms with van der Waals surface area (Å²) in [5.41, 5.74) is 0.385. The minimum absolute atomic E-state index is 0.165. The second-order valence-corrected chi connectivity index (χ2v) is 7.95. The van der Waals surface area contributed by atoms with Gasteiger partial charge in [0.2, 0.25) is 5.95 Å². The van der Waals surface area contributed by atoms with Crippen LogP contribution in [0, 0.1) is 0 Å². The van der Waals surface area contributed by atoms with Crippen molar-refractivity contribution in [2.45, 2.75) is 43.5 Å². The van der Waals surface area contributed by atoms with Crippen LogP contribution in [0.1, 0.15) is 25.7 Å². The normalized spacial score (nSPS) is 21.8. The monoisotopic (exact) mass is 446 g/mol. The molecule has 0 atom stereocenters. The van der Waals surface area contributed by atoms with Crippen LogP contribution >= 0.6 is 0 Å². The van der Waals surface area contributed by atoms with Crippen LogP contribution in [-0.4, -0.2) is 59.2 Å². The molecular weight excluding hydrogens is 425 g/mol. The Morgan fingerprint density at radius 1 is 1.09 bits per heavy atom. The molecule has 3 N–H and O–H groups in total. The second-order valence-electron chi connectivity index (χ2n) is 7.95. The molecule has 0 saturated heterocycles. The molecule has 32 heavy (non-hydrogen) atoms. The Balaban J connectivity index is 1.42. The summed E-state index contributed by atoms with van der Waals surface area (Å²) >= 11 is 0. The fourth-order valence-electron chi connectivity index (χ4n) is 4.14. The van der Waals surface area contributed by atoms with Gasteiger partial charge < -0.3 is 15.7 Å². The van der Waals surface area contributed by atoms with Crippen LogP contribution in [0.25, 0.3) is 22.4 Å². The standard InChI is InChI=1S/C20H21F3N8O/c1-24-17-16-13(14-6-11-30-15(27-14)4-9-25-30)5-10-31(16)29-18(28-17)26-12-2-7-19(32,8-3-12)20(21,22)23/h4-6,9-12,32H,2-3,7-8H2,1H3,(H2,24,26,28,29). The van der Waals surface area contributed by atoms with Crippen molar-refractivity contribution >= 4 is 22.9 Å². The number of aromatic nitrogens is 6. The lowest BCUT2D eigenvalue weighted by atomic mass is 9.82. The third-order valence-electron chi connectivity index (χ3n) is 5.96. The molecule has 0 spiro atoms. The minimum Gasteiger partial charge on any atom is -0.380 e. The van der Waals surface area contributed by atoms with Gasteiger partial charge in [0, 0.05) is 37.1 Å². The first-order valence-corrected chi connectivity index (χ1v) is 10.2. The van der Waals surface area contributed by atoms with Gasteiger partial charge in [-0.15, -0.1) is 5.10 Å². The highest BCUT2D eigenvalue weighted by atomic mass is 19.4. The quantitative estimate of drug-likeness (QED) is 0.442. The first-order chi connectivity index (χ1) is 15.3. The topological polar surface area (TPSA) is 105 Å². The van der Waals surface area contributed by atoms with Crippen LogP contribution in [0.2, 0.25) is 0 Å². The molecule has 4 heterocycles. The first kappa shape index (κ1) is 20.5. The van der Waals surface area contributed by atoms with Crippen molar-refractivity contribution in [1.29, 1.82) is 0 Å². The van der Waals surface area contributed by atoms with Crippen LogP contribution in [-0.2, 0) is 0 Å². The number of rotatable bonds is 4.